The van der Waals surface area contributed by atoms with Crippen LogP contribution in [-0.4, -0.2) is 5.11 Å². The van der Waals surface area contributed by atoms with Crippen molar-refractivity contribution in [2.24, 2.45) is 0 Å². The smallest absolute Gasteiger partial charge is 0.104 e. The molecule has 1 N–H and O–H groups in total. The molecule has 2 aromatic rings. The van der Waals surface area contributed by atoms with Crippen LogP contribution in [0.1, 0.15) is 22.8 Å². The normalized spacial score (nSPS) is 12.5. The maximum atomic E-state index is 10.3. The lowest BCUT2D eigenvalue weighted by Crippen LogP contribution is -1.99. The first kappa shape index (κ1) is 12.6. The van der Waals surface area contributed by atoms with Gasteiger partial charge in [0.15, 0.2) is 0 Å². The molecule has 0 radical (unpaired) electrons. The Labute approximate surface area is 114 Å². The second kappa shape index (κ2) is 5.21. The van der Waals surface area contributed by atoms with E-state index < -0.39 is 6.10 Å². The predicted molar refractivity (Wildman–Crippen MR) is 74.4 cm³/mol. The lowest BCUT2D eigenvalue weighted by molar-refractivity contribution is 0.220. The Kier molecular flexibility index (Phi) is 3.87. The molecule has 0 aliphatic carbocycles. The maximum Gasteiger partial charge on any atom is 0.104 e. The van der Waals surface area contributed by atoms with Crippen molar-refractivity contribution in [3.8, 4) is 0 Å². The molecule has 0 fully saturated rings. The summed E-state index contributed by atoms with van der Waals surface area (Å²) >= 11 is 9.36. The molecule has 0 spiro atoms. The van der Waals surface area contributed by atoms with Crippen LogP contribution in [-0.2, 0) is 0 Å². The van der Waals surface area contributed by atoms with E-state index in [0.29, 0.717) is 5.02 Å². The average Bonchev–Trinajstić information content (AvgIpc) is 2.32. The first-order valence-corrected chi connectivity index (χ1v) is 6.44. The van der Waals surface area contributed by atoms with Crippen molar-refractivity contribution in [1.82, 2.24) is 0 Å². The number of hydrogen-bond donors (Lipinski definition) is 1. The lowest BCUT2D eigenvalue weighted by atomic mass is 10.0. The number of benzene rings is 2. The molecule has 1 unspecified atom stereocenters. The summed E-state index contributed by atoms with van der Waals surface area (Å²) < 4.78 is 1.04. The van der Waals surface area contributed by atoms with Crippen molar-refractivity contribution < 1.29 is 5.11 Å². The SMILES string of the molecule is Cc1cc(C(O)c2cccc(Cl)c2)ccc1Br. The van der Waals surface area contributed by atoms with Gasteiger partial charge >= 0.3 is 0 Å². The highest BCUT2D eigenvalue weighted by Crippen LogP contribution is 2.27. The molecule has 0 amide bonds. The molecule has 88 valence electrons. The van der Waals surface area contributed by atoms with Gasteiger partial charge in [0.1, 0.15) is 6.10 Å². The van der Waals surface area contributed by atoms with E-state index in [9.17, 15) is 5.11 Å². The molecule has 0 heterocycles. The molecule has 0 bridgehead atoms. The predicted octanol–water partition coefficient (Wildman–Crippen LogP) is 4.49. The lowest BCUT2D eigenvalue weighted by Gasteiger charge is -2.13. The molecule has 0 aliphatic rings. The van der Waals surface area contributed by atoms with Gasteiger partial charge in [-0.05, 0) is 41.8 Å². The van der Waals surface area contributed by atoms with Gasteiger partial charge in [0.05, 0.1) is 0 Å². The summed E-state index contributed by atoms with van der Waals surface area (Å²) in [6.07, 6.45) is -0.638. The quantitative estimate of drug-likeness (QED) is 0.866. The van der Waals surface area contributed by atoms with Crippen LogP contribution in [0, 0.1) is 6.92 Å². The highest BCUT2D eigenvalue weighted by atomic mass is 79.9. The molecule has 2 aromatic carbocycles. The van der Waals surface area contributed by atoms with Crippen LogP contribution in [0.25, 0.3) is 0 Å². The van der Waals surface area contributed by atoms with E-state index in [1.165, 1.54) is 0 Å². The van der Waals surface area contributed by atoms with Gasteiger partial charge in [0.2, 0.25) is 0 Å². The fourth-order valence-corrected chi connectivity index (χ4v) is 2.15. The molecule has 0 aromatic heterocycles. The van der Waals surface area contributed by atoms with Crippen molar-refractivity contribution in [2.75, 3.05) is 0 Å². The summed E-state index contributed by atoms with van der Waals surface area (Å²) in [5.74, 6) is 0. The first-order valence-electron chi connectivity index (χ1n) is 5.27. The van der Waals surface area contributed by atoms with E-state index >= 15 is 0 Å². The van der Waals surface area contributed by atoms with Crippen LogP contribution in [0.4, 0.5) is 0 Å². The van der Waals surface area contributed by atoms with Gasteiger partial charge < -0.3 is 5.11 Å². The summed E-state index contributed by atoms with van der Waals surface area (Å²) in [7, 11) is 0. The number of rotatable bonds is 2. The molecule has 1 atom stereocenters. The molecule has 1 nitrogen and oxygen atoms in total. The highest BCUT2D eigenvalue weighted by Gasteiger charge is 2.11. The van der Waals surface area contributed by atoms with Crippen LogP contribution in [0.2, 0.25) is 5.02 Å². The van der Waals surface area contributed by atoms with Crippen molar-refractivity contribution in [3.63, 3.8) is 0 Å². The van der Waals surface area contributed by atoms with E-state index in [2.05, 4.69) is 15.9 Å². The number of aliphatic hydroxyl groups excluding tert-OH is 1. The minimum Gasteiger partial charge on any atom is -0.384 e. The molecule has 3 heteroatoms. The molecular weight excluding hydrogens is 300 g/mol. The molecule has 17 heavy (non-hydrogen) atoms. The van der Waals surface area contributed by atoms with E-state index in [1.54, 1.807) is 12.1 Å². The maximum absolute atomic E-state index is 10.3. The van der Waals surface area contributed by atoms with Gasteiger partial charge in [-0.1, -0.05) is 51.8 Å². The number of aryl methyl sites for hydroxylation is 1. The van der Waals surface area contributed by atoms with E-state index in [0.717, 1.165) is 21.2 Å². The first-order chi connectivity index (χ1) is 8.08. The number of halogens is 2. The second-order valence-corrected chi connectivity index (χ2v) is 5.26. The van der Waals surface area contributed by atoms with Crippen molar-refractivity contribution >= 4 is 27.5 Å². The topological polar surface area (TPSA) is 20.2 Å². The third-order valence-corrected chi connectivity index (χ3v) is 3.79. The molecule has 0 saturated heterocycles. The monoisotopic (exact) mass is 310 g/mol. The number of aliphatic hydroxyl groups is 1. The van der Waals surface area contributed by atoms with Gasteiger partial charge in [0.25, 0.3) is 0 Å². The van der Waals surface area contributed by atoms with Crippen molar-refractivity contribution in [1.29, 1.82) is 0 Å². The third kappa shape index (κ3) is 2.89. The Morgan fingerprint density at radius 1 is 1.12 bits per heavy atom. The van der Waals surface area contributed by atoms with Gasteiger partial charge in [-0.3, -0.25) is 0 Å². The highest BCUT2D eigenvalue weighted by molar-refractivity contribution is 9.10. The van der Waals surface area contributed by atoms with Gasteiger partial charge in [-0.2, -0.15) is 0 Å². The zero-order valence-electron chi connectivity index (χ0n) is 9.32. The minimum atomic E-state index is -0.638. The zero-order chi connectivity index (χ0) is 12.4. The summed E-state index contributed by atoms with van der Waals surface area (Å²) in [4.78, 5) is 0. The van der Waals surface area contributed by atoms with Crippen LogP contribution in [0.3, 0.4) is 0 Å². The Morgan fingerprint density at radius 2 is 1.82 bits per heavy atom. The third-order valence-electron chi connectivity index (χ3n) is 2.66. The largest absolute Gasteiger partial charge is 0.384 e. The van der Waals surface area contributed by atoms with Gasteiger partial charge in [-0.25, -0.2) is 0 Å². The van der Waals surface area contributed by atoms with Gasteiger partial charge in [-0.15, -0.1) is 0 Å². The molecule has 2 rings (SSSR count). The summed E-state index contributed by atoms with van der Waals surface area (Å²) in [6, 6.07) is 13.1. The summed E-state index contributed by atoms with van der Waals surface area (Å²) in [5.41, 5.74) is 2.77. The second-order valence-electron chi connectivity index (χ2n) is 3.97. The van der Waals surface area contributed by atoms with E-state index in [4.69, 9.17) is 11.6 Å². The summed E-state index contributed by atoms with van der Waals surface area (Å²) in [5, 5.41) is 10.9. The summed E-state index contributed by atoms with van der Waals surface area (Å²) in [6.45, 7) is 2.00. The Hall–Kier alpha value is -0.830. The zero-order valence-corrected chi connectivity index (χ0v) is 11.7. The Balaban J connectivity index is 2.36. The standard InChI is InChI=1S/C14H12BrClO/c1-9-7-11(5-6-13(9)15)14(17)10-3-2-4-12(16)8-10/h2-8,14,17H,1H3. The van der Waals surface area contributed by atoms with Crippen LogP contribution < -0.4 is 0 Å². The van der Waals surface area contributed by atoms with Crippen molar-refractivity contribution in [2.45, 2.75) is 13.0 Å². The minimum absolute atomic E-state index is 0.635. The van der Waals surface area contributed by atoms with E-state index in [-0.39, 0.29) is 0 Å². The average molecular weight is 312 g/mol. The van der Waals surface area contributed by atoms with Crippen molar-refractivity contribution in [3.05, 3.63) is 68.7 Å². The fraction of sp³-hybridized carbons (Fsp3) is 0.143. The molecule has 0 aliphatic heterocycles. The molecule has 0 saturated carbocycles. The van der Waals surface area contributed by atoms with Crippen LogP contribution >= 0.6 is 27.5 Å². The van der Waals surface area contributed by atoms with Crippen LogP contribution in [0.5, 0.6) is 0 Å². The van der Waals surface area contributed by atoms with E-state index in [1.807, 2.05) is 37.3 Å². The fourth-order valence-electron chi connectivity index (χ4n) is 1.71. The Morgan fingerprint density at radius 3 is 2.47 bits per heavy atom. The molecular formula is C14H12BrClO. The van der Waals surface area contributed by atoms with Crippen LogP contribution in [0.15, 0.2) is 46.9 Å². The van der Waals surface area contributed by atoms with Gasteiger partial charge in [0, 0.05) is 9.50 Å². The number of hydrogen-bond acceptors (Lipinski definition) is 1. The Bertz CT molecular complexity index is 539.